The van der Waals surface area contributed by atoms with E-state index in [-0.39, 0.29) is 5.15 Å². The summed E-state index contributed by atoms with van der Waals surface area (Å²) in [5, 5.41) is 20.8. The van der Waals surface area contributed by atoms with Gasteiger partial charge in [-0.1, -0.05) is 11.6 Å². The van der Waals surface area contributed by atoms with E-state index in [1.54, 1.807) is 6.92 Å². The highest BCUT2D eigenvalue weighted by Crippen LogP contribution is 2.27. The van der Waals surface area contributed by atoms with Gasteiger partial charge >= 0.3 is 0 Å². The summed E-state index contributed by atoms with van der Waals surface area (Å²) in [5.41, 5.74) is 0.509. The van der Waals surface area contributed by atoms with Gasteiger partial charge in [0.15, 0.2) is 5.15 Å². The van der Waals surface area contributed by atoms with E-state index < -0.39 is 6.10 Å². The number of nitriles is 1. The largest absolute Gasteiger partial charge is 0.392 e. The van der Waals surface area contributed by atoms with Crippen LogP contribution in [0.5, 0.6) is 0 Å². The lowest BCUT2D eigenvalue weighted by Crippen LogP contribution is -2.15. The van der Waals surface area contributed by atoms with Crippen molar-refractivity contribution >= 4 is 28.8 Å². The fourth-order valence-electron chi connectivity index (χ4n) is 0.750. The topological polar surface area (TPSA) is 68.9 Å². The van der Waals surface area contributed by atoms with E-state index in [0.29, 0.717) is 17.1 Å². The second-order valence-electron chi connectivity index (χ2n) is 2.52. The summed E-state index contributed by atoms with van der Waals surface area (Å²) in [6.07, 6.45) is -0.484. The van der Waals surface area contributed by atoms with Crippen molar-refractivity contribution in [2.24, 2.45) is 0 Å². The number of rotatable bonds is 3. The number of aliphatic hydroxyl groups is 1. The minimum atomic E-state index is -0.484. The van der Waals surface area contributed by atoms with Gasteiger partial charge in [0, 0.05) is 6.54 Å². The molecule has 1 aromatic heterocycles. The maximum atomic E-state index is 9.00. The third-order valence-electron chi connectivity index (χ3n) is 1.33. The summed E-state index contributed by atoms with van der Waals surface area (Å²) < 4.78 is 3.81. The average molecular weight is 218 g/mol. The van der Waals surface area contributed by atoms with Gasteiger partial charge in [-0.15, -0.1) is 0 Å². The van der Waals surface area contributed by atoms with Crippen molar-refractivity contribution < 1.29 is 5.11 Å². The highest BCUT2D eigenvalue weighted by atomic mass is 35.5. The number of aromatic nitrogens is 1. The third-order valence-corrected chi connectivity index (χ3v) is 2.45. The predicted octanol–water partition coefficient (Wildman–Crippen LogP) is 1.46. The van der Waals surface area contributed by atoms with Crippen molar-refractivity contribution in [2.45, 2.75) is 13.0 Å². The Morgan fingerprint density at radius 3 is 3.08 bits per heavy atom. The Bertz CT molecular complexity index is 331. The second-order valence-corrected chi connectivity index (χ2v) is 3.65. The number of hydrogen-bond donors (Lipinski definition) is 2. The zero-order valence-corrected chi connectivity index (χ0v) is 8.48. The van der Waals surface area contributed by atoms with E-state index >= 15 is 0 Å². The van der Waals surface area contributed by atoms with Crippen LogP contribution in [0.4, 0.5) is 5.69 Å². The maximum Gasteiger partial charge on any atom is 0.167 e. The fraction of sp³-hybridized carbons (Fsp3) is 0.429. The molecular weight excluding hydrogens is 210 g/mol. The van der Waals surface area contributed by atoms with Crippen molar-refractivity contribution in [1.29, 1.82) is 5.26 Å². The lowest BCUT2D eigenvalue weighted by Gasteiger charge is -2.06. The van der Waals surface area contributed by atoms with E-state index in [4.69, 9.17) is 22.0 Å². The van der Waals surface area contributed by atoms with Gasteiger partial charge in [0.1, 0.15) is 16.6 Å². The molecule has 0 aromatic carbocycles. The average Bonchev–Trinajstić information content (AvgIpc) is 2.43. The van der Waals surface area contributed by atoms with Crippen molar-refractivity contribution in [3.63, 3.8) is 0 Å². The summed E-state index contributed by atoms with van der Waals surface area (Å²) in [7, 11) is 0. The van der Waals surface area contributed by atoms with Crippen LogP contribution >= 0.6 is 23.1 Å². The monoisotopic (exact) mass is 217 g/mol. The molecule has 13 heavy (non-hydrogen) atoms. The number of aliphatic hydroxyl groups excluding tert-OH is 1. The molecule has 0 saturated carbocycles. The molecular formula is C7H8ClN3OS. The van der Waals surface area contributed by atoms with Gasteiger partial charge in [0.25, 0.3) is 0 Å². The zero-order valence-electron chi connectivity index (χ0n) is 6.91. The van der Waals surface area contributed by atoms with E-state index in [1.807, 2.05) is 6.07 Å². The molecule has 0 unspecified atom stereocenters. The molecule has 6 heteroatoms. The number of nitrogens with one attached hydrogen (secondary N) is 1. The Hall–Kier alpha value is -0.830. The van der Waals surface area contributed by atoms with Crippen LogP contribution < -0.4 is 5.32 Å². The Kier molecular flexibility index (Phi) is 3.48. The molecule has 1 atom stereocenters. The van der Waals surface area contributed by atoms with Crippen molar-refractivity contribution in [3.8, 4) is 6.07 Å². The summed E-state index contributed by atoms with van der Waals surface area (Å²) >= 11 is 6.75. The van der Waals surface area contributed by atoms with Crippen LogP contribution in [-0.4, -0.2) is 22.1 Å². The molecule has 0 amide bonds. The molecule has 0 fully saturated rings. The smallest absolute Gasteiger partial charge is 0.167 e. The van der Waals surface area contributed by atoms with Crippen molar-refractivity contribution in [2.75, 3.05) is 11.9 Å². The molecule has 0 bridgehead atoms. The fourth-order valence-corrected chi connectivity index (χ4v) is 1.63. The molecule has 1 aromatic rings. The van der Waals surface area contributed by atoms with Crippen LogP contribution in [0.2, 0.25) is 5.15 Å². The van der Waals surface area contributed by atoms with Crippen LogP contribution in [-0.2, 0) is 0 Å². The second kappa shape index (κ2) is 4.42. The molecule has 1 heterocycles. The zero-order chi connectivity index (χ0) is 9.84. The first-order valence-corrected chi connectivity index (χ1v) is 4.77. The van der Waals surface area contributed by atoms with Crippen LogP contribution in [0.1, 0.15) is 11.8 Å². The summed E-state index contributed by atoms with van der Waals surface area (Å²) in [4.78, 5) is 0.436. The molecule has 70 valence electrons. The van der Waals surface area contributed by atoms with Crippen molar-refractivity contribution in [1.82, 2.24) is 4.37 Å². The molecule has 0 saturated heterocycles. The lowest BCUT2D eigenvalue weighted by atomic mass is 10.3. The van der Waals surface area contributed by atoms with Crippen molar-refractivity contribution in [3.05, 3.63) is 10.0 Å². The van der Waals surface area contributed by atoms with E-state index in [9.17, 15) is 0 Å². The predicted molar refractivity (Wildman–Crippen MR) is 52.0 cm³/mol. The van der Waals surface area contributed by atoms with E-state index in [1.165, 1.54) is 0 Å². The minimum Gasteiger partial charge on any atom is -0.392 e. The quantitative estimate of drug-likeness (QED) is 0.805. The van der Waals surface area contributed by atoms with Crippen LogP contribution in [0.3, 0.4) is 0 Å². The highest BCUT2D eigenvalue weighted by Gasteiger charge is 2.11. The van der Waals surface area contributed by atoms with Gasteiger partial charge in [0.05, 0.1) is 6.10 Å². The molecule has 0 aliphatic rings. The number of anilines is 1. The number of halogens is 1. The van der Waals surface area contributed by atoms with Gasteiger partial charge in [0.2, 0.25) is 0 Å². The lowest BCUT2D eigenvalue weighted by molar-refractivity contribution is 0.208. The summed E-state index contributed by atoms with van der Waals surface area (Å²) in [5.74, 6) is 0. The molecule has 0 radical (unpaired) electrons. The van der Waals surface area contributed by atoms with Gasteiger partial charge in [-0.25, -0.2) is 0 Å². The summed E-state index contributed by atoms with van der Waals surface area (Å²) in [6, 6.07) is 1.97. The molecule has 2 N–H and O–H groups in total. The van der Waals surface area contributed by atoms with Gasteiger partial charge in [-0.2, -0.15) is 9.64 Å². The first-order valence-electron chi connectivity index (χ1n) is 3.62. The van der Waals surface area contributed by atoms with Gasteiger partial charge in [-0.05, 0) is 18.5 Å². The van der Waals surface area contributed by atoms with E-state index in [0.717, 1.165) is 11.5 Å². The minimum absolute atomic E-state index is 0.280. The third kappa shape index (κ3) is 2.56. The normalized spacial score (nSPS) is 12.2. The summed E-state index contributed by atoms with van der Waals surface area (Å²) in [6.45, 7) is 2.00. The first-order chi connectivity index (χ1) is 6.15. The number of nitrogens with zero attached hydrogens (tertiary/aromatic N) is 2. The van der Waals surface area contributed by atoms with Crippen LogP contribution in [0.15, 0.2) is 0 Å². The highest BCUT2D eigenvalue weighted by molar-refractivity contribution is 7.07. The first kappa shape index (κ1) is 10.3. The Balaban J connectivity index is 2.75. The molecule has 4 nitrogen and oxygen atoms in total. The van der Waals surface area contributed by atoms with E-state index in [2.05, 4.69) is 9.69 Å². The van der Waals surface area contributed by atoms with Crippen LogP contribution in [0, 0.1) is 11.3 Å². The van der Waals surface area contributed by atoms with Gasteiger partial charge < -0.3 is 10.4 Å². The Morgan fingerprint density at radius 2 is 2.54 bits per heavy atom. The standard InChI is InChI=1S/C7H8ClN3OS/c1-4(12)3-10-6-5(2-9)13-11-7(6)8/h4,10,12H,3H2,1H3/t4-/m1/s1. The molecule has 0 aliphatic carbocycles. The van der Waals surface area contributed by atoms with Crippen LogP contribution in [0.25, 0.3) is 0 Å². The molecule has 1 rings (SSSR count). The number of hydrogen-bond acceptors (Lipinski definition) is 5. The Morgan fingerprint density at radius 1 is 1.85 bits per heavy atom. The molecule has 0 spiro atoms. The van der Waals surface area contributed by atoms with Gasteiger partial charge in [-0.3, -0.25) is 0 Å². The molecule has 0 aliphatic heterocycles. The Labute approximate surface area is 84.9 Å². The maximum absolute atomic E-state index is 9.00. The SMILES string of the molecule is C[C@@H](O)CNc1c(Cl)nsc1C#N.